The molecule has 0 fully saturated rings. The van der Waals surface area contributed by atoms with E-state index in [2.05, 4.69) is 0 Å². The third kappa shape index (κ3) is 3.54. The smallest absolute Gasteiger partial charge is 0.283 e. The number of aromatic hydroxyl groups is 2. The van der Waals surface area contributed by atoms with Crippen LogP contribution in [0.15, 0.2) is 54.6 Å². The van der Waals surface area contributed by atoms with Gasteiger partial charge in [0, 0.05) is 27.2 Å². The summed E-state index contributed by atoms with van der Waals surface area (Å²) in [5, 5.41) is 19.4. The van der Waals surface area contributed by atoms with Crippen LogP contribution in [0.5, 0.6) is 11.5 Å². The highest BCUT2D eigenvalue weighted by molar-refractivity contribution is 7.87. The maximum atomic E-state index is 13.0. The number of rotatable bonds is 4. The maximum Gasteiger partial charge on any atom is 0.283 e. The zero-order chi connectivity index (χ0) is 21.6. The van der Waals surface area contributed by atoms with Crippen molar-refractivity contribution in [1.82, 2.24) is 0 Å². The van der Waals surface area contributed by atoms with Crippen LogP contribution in [-0.4, -0.2) is 23.2 Å². The second-order valence-electron chi connectivity index (χ2n) is 6.06. The SMILES string of the molecule is O=S(=O)(O)C(c1ccccc1)(c1ccc(Cl)cc1Cl)c1c(Cl)c(O)cc(O)c1Cl. The topological polar surface area (TPSA) is 94.8 Å². The molecule has 3 N–H and O–H groups in total. The van der Waals surface area contributed by atoms with E-state index < -0.39 is 42.0 Å². The lowest BCUT2D eigenvalue weighted by molar-refractivity contribution is 0.444. The van der Waals surface area contributed by atoms with Crippen LogP contribution < -0.4 is 0 Å². The van der Waals surface area contributed by atoms with Crippen LogP contribution in [0.4, 0.5) is 0 Å². The quantitative estimate of drug-likeness (QED) is 0.311. The number of phenols is 2. The Morgan fingerprint density at radius 2 is 1.34 bits per heavy atom. The van der Waals surface area contributed by atoms with Gasteiger partial charge < -0.3 is 10.2 Å². The molecule has 1 unspecified atom stereocenters. The molecule has 3 aromatic rings. The molecule has 0 aliphatic rings. The number of phenolic OH excluding ortho intramolecular Hbond substituents is 2. The highest BCUT2D eigenvalue weighted by Gasteiger charge is 2.53. The summed E-state index contributed by atoms with van der Waals surface area (Å²) in [5.74, 6) is -1.28. The summed E-state index contributed by atoms with van der Waals surface area (Å²) in [6, 6.07) is 12.3. The molecule has 29 heavy (non-hydrogen) atoms. The van der Waals surface area contributed by atoms with Gasteiger partial charge in [-0.15, -0.1) is 0 Å². The fourth-order valence-corrected chi connectivity index (χ4v) is 5.92. The van der Waals surface area contributed by atoms with Crippen LogP contribution in [0.1, 0.15) is 16.7 Å². The normalized spacial score (nSPS) is 13.8. The molecular formula is C19H12Cl4O5S. The Morgan fingerprint density at radius 1 is 0.793 bits per heavy atom. The van der Waals surface area contributed by atoms with Crippen LogP contribution >= 0.6 is 46.4 Å². The van der Waals surface area contributed by atoms with Gasteiger partial charge >= 0.3 is 0 Å². The molecule has 10 heteroatoms. The number of hydrogen-bond donors (Lipinski definition) is 3. The first-order valence-electron chi connectivity index (χ1n) is 7.90. The molecule has 3 aromatic carbocycles. The van der Waals surface area contributed by atoms with Gasteiger partial charge in [-0.05, 0) is 17.7 Å². The van der Waals surface area contributed by atoms with Crippen molar-refractivity contribution in [2.24, 2.45) is 0 Å². The molecule has 3 rings (SSSR count). The van der Waals surface area contributed by atoms with Crippen LogP contribution in [-0.2, 0) is 14.9 Å². The van der Waals surface area contributed by atoms with E-state index in [9.17, 15) is 23.2 Å². The standard InChI is InChI=1S/C19H12Cl4O5S/c20-11-6-7-12(13(21)8-11)19(29(26,27)28,10-4-2-1-3-5-10)16-17(22)14(24)9-15(25)18(16)23/h1-9,24-25H,(H,26,27,28). The molecule has 0 amide bonds. The monoisotopic (exact) mass is 492 g/mol. The van der Waals surface area contributed by atoms with E-state index in [4.69, 9.17) is 46.4 Å². The average molecular weight is 494 g/mol. The average Bonchev–Trinajstić information content (AvgIpc) is 2.64. The van der Waals surface area contributed by atoms with Crippen molar-refractivity contribution in [1.29, 1.82) is 0 Å². The molecular weight excluding hydrogens is 482 g/mol. The summed E-state index contributed by atoms with van der Waals surface area (Å²) in [5.41, 5.74) is -0.581. The van der Waals surface area contributed by atoms with Gasteiger partial charge in [0.15, 0.2) is 4.75 Å². The van der Waals surface area contributed by atoms with Gasteiger partial charge in [0.2, 0.25) is 0 Å². The van der Waals surface area contributed by atoms with Crippen LogP contribution in [0.2, 0.25) is 20.1 Å². The van der Waals surface area contributed by atoms with Gasteiger partial charge in [-0.2, -0.15) is 8.42 Å². The van der Waals surface area contributed by atoms with Crippen molar-refractivity contribution in [3.8, 4) is 11.5 Å². The Morgan fingerprint density at radius 3 is 1.83 bits per heavy atom. The predicted octanol–water partition coefficient (Wildman–Crippen LogP) is 5.89. The molecule has 0 saturated heterocycles. The number of halogens is 4. The zero-order valence-corrected chi connectivity index (χ0v) is 18.1. The zero-order valence-electron chi connectivity index (χ0n) is 14.3. The van der Waals surface area contributed by atoms with Crippen LogP contribution in [0.25, 0.3) is 0 Å². The summed E-state index contributed by atoms with van der Waals surface area (Å²) in [4.78, 5) is 0. The van der Waals surface area contributed by atoms with Crippen LogP contribution in [0.3, 0.4) is 0 Å². The molecule has 0 radical (unpaired) electrons. The first-order valence-corrected chi connectivity index (χ1v) is 10.9. The first kappa shape index (κ1) is 22.0. The van der Waals surface area contributed by atoms with E-state index in [1.807, 2.05) is 0 Å². The van der Waals surface area contributed by atoms with Crippen molar-refractivity contribution < 1.29 is 23.2 Å². The fourth-order valence-electron chi connectivity index (χ4n) is 3.22. The second kappa shape index (κ2) is 7.87. The van der Waals surface area contributed by atoms with E-state index in [1.165, 1.54) is 42.5 Å². The van der Waals surface area contributed by atoms with Crippen LogP contribution in [0, 0.1) is 0 Å². The molecule has 0 bridgehead atoms. The first-order chi connectivity index (χ1) is 13.5. The molecule has 0 aliphatic carbocycles. The van der Waals surface area contributed by atoms with E-state index in [0.29, 0.717) is 0 Å². The Balaban J connectivity index is 2.67. The molecule has 0 spiro atoms. The van der Waals surface area contributed by atoms with Gasteiger partial charge in [0.1, 0.15) is 11.5 Å². The van der Waals surface area contributed by atoms with Crippen molar-refractivity contribution in [3.05, 3.63) is 91.4 Å². The molecule has 0 saturated carbocycles. The van der Waals surface area contributed by atoms with Gasteiger partial charge in [-0.1, -0.05) is 82.8 Å². The molecule has 0 aliphatic heterocycles. The minimum atomic E-state index is -5.12. The summed E-state index contributed by atoms with van der Waals surface area (Å²) in [6.07, 6.45) is 0. The molecule has 5 nitrogen and oxygen atoms in total. The van der Waals surface area contributed by atoms with E-state index in [1.54, 1.807) is 6.07 Å². The summed E-state index contributed by atoms with van der Waals surface area (Å²) < 4.78 is 34.0. The Labute approximate surface area is 186 Å². The molecule has 1 atom stereocenters. The lowest BCUT2D eigenvalue weighted by Gasteiger charge is -2.34. The fraction of sp³-hybridized carbons (Fsp3) is 0.0526. The van der Waals surface area contributed by atoms with E-state index >= 15 is 0 Å². The largest absolute Gasteiger partial charge is 0.506 e. The highest BCUT2D eigenvalue weighted by atomic mass is 35.5. The Bertz CT molecular complexity index is 1170. The van der Waals surface area contributed by atoms with Crippen molar-refractivity contribution in [2.75, 3.05) is 0 Å². The van der Waals surface area contributed by atoms with Gasteiger partial charge in [-0.3, -0.25) is 4.55 Å². The lowest BCUT2D eigenvalue weighted by Crippen LogP contribution is -2.39. The molecule has 152 valence electrons. The van der Waals surface area contributed by atoms with E-state index in [0.717, 1.165) is 6.07 Å². The third-order valence-corrected chi connectivity index (χ3v) is 7.14. The Kier molecular flexibility index (Phi) is 5.98. The van der Waals surface area contributed by atoms with Gasteiger partial charge in [-0.25, -0.2) is 0 Å². The van der Waals surface area contributed by atoms with Crippen molar-refractivity contribution in [3.63, 3.8) is 0 Å². The van der Waals surface area contributed by atoms with E-state index in [-0.39, 0.29) is 21.2 Å². The number of benzene rings is 3. The molecule has 0 heterocycles. The number of hydrogen-bond acceptors (Lipinski definition) is 4. The van der Waals surface area contributed by atoms with Gasteiger partial charge in [0.05, 0.1) is 10.0 Å². The minimum absolute atomic E-state index is 0.0144. The van der Waals surface area contributed by atoms with Gasteiger partial charge in [0.25, 0.3) is 10.1 Å². The lowest BCUT2D eigenvalue weighted by atomic mass is 9.83. The van der Waals surface area contributed by atoms with Crippen molar-refractivity contribution in [2.45, 2.75) is 4.75 Å². The maximum absolute atomic E-state index is 13.0. The third-order valence-electron chi connectivity index (χ3n) is 4.39. The Hall–Kier alpha value is -1.67. The second-order valence-corrected chi connectivity index (χ2v) is 9.23. The molecule has 0 aromatic heterocycles. The summed E-state index contributed by atoms with van der Waals surface area (Å²) in [7, 11) is -5.12. The predicted molar refractivity (Wildman–Crippen MR) is 114 cm³/mol. The minimum Gasteiger partial charge on any atom is -0.506 e. The summed E-state index contributed by atoms with van der Waals surface area (Å²) >= 11 is 24.8. The summed E-state index contributed by atoms with van der Waals surface area (Å²) in [6.45, 7) is 0. The van der Waals surface area contributed by atoms with Crippen molar-refractivity contribution >= 4 is 56.5 Å². The highest BCUT2D eigenvalue weighted by Crippen LogP contribution is 2.54.